The number of carboxylic acid groups (broad SMARTS) is 1. The minimum atomic E-state index is -0.715. The molecule has 2 nitrogen and oxygen atoms in total. The van der Waals surface area contributed by atoms with Crippen LogP contribution in [-0.2, 0) is 4.79 Å². The van der Waals surface area contributed by atoms with Crippen molar-refractivity contribution in [1.29, 1.82) is 0 Å². The molecule has 0 fully saturated rings. The van der Waals surface area contributed by atoms with Crippen molar-refractivity contribution >= 4 is 5.97 Å². The maximum atomic E-state index is 10.3. The summed E-state index contributed by atoms with van der Waals surface area (Å²) in [6.45, 7) is 2.14. The fourth-order valence-corrected chi connectivity index (χ4v) is 1.74. The van der Waals surface area contributed by atoms with Crippen LogP contribution >= 0.6 is 0 Å². The second kappa shape index (κ2) is 17.2. The SMILES string of the molecule is CC/C=C/C/C=C\C/C=C/C/C=C\C/C=C/CCCC(=O)O. The van der Waals surface area contributed by atoms with E-state index in [-0.39, 0.29) is 6.42 Å². The van der Waals surface area contributed by atoms with E-state index in [2.05, 4.69) is 67.7 Å². The molecular formula is C20H30O2. The van der Waals surface area contributed by atoms with Gasteiger partial charge >= 0.3 is 5.97 Å². The van der Waals surface area contributed by atoms with Gasteiger partial charge in [0, 0.05) is 6.42 Å². The van der Waals surface area contributed by atoms with Crippen LogP contribution in [0.25, 0.3) is 0 Å². The van der Waals surface area contributed by atoms with Crippen molar-refractivity contribution in [1.82, 2.24) is 0 Å². The van der Waals surface area contributed by atoms with Gasteiger partial charge in [0.2, 0.25) is 0 Å². The molecule has 2 heteroatoms. The van der Waals surface area contributed by atoms with Crippen molar-refractivity contribution < 1.29 is 9.90 Å². The first-order valence-corrected chi connectivity index (χ1v) is 8.24. The van der Waals surface area contributed by atoms with E-state index in [4.69, 9.17) is 5.11 Å². The van der Waals surface area contributed by atoms with Crippen LogP contribution in [0.2, 0.25) is 0 Å². The van der Waals surface area contributed by atoms with Gasteiger partial charge in [0.15, 0.2) is 0 Å². The Kier molecular flexibility index (Phi) is 15.8. The van der Waals surface area contributed by atoms with Crippen molar-refractivity contribution in [3.8, 4) is 0 Å². The highest BCUT2D eigenvalue weighted by Gasteiger charge is 1.92. The highest BCUT2D eigenvalue weighted by atomic mass is 16.4. The summed E-state index contributed by atoms with van der Waals surface area (Å²) >= 11 is 0. The van der Waals surface area contributed by atoms with Crippen molar-refractivity contribution in [3.63, 3.8) is 0 Å². The highest BCUT2D eigenvalue weighted by Crippen LogP contribution is 1.99. The summed E-state index contributed by atoms with van der Waals surface area (Å²) in [5.74, 6) is -0.715. The topological polar surface area (TPSA) is 37.3 Å². The van der Waals surface area contributed by atoms with Gasteiger partial charge in [-0.2, -0.15) is 0 Å². The summed E-state index contributed by atoms with van der Waals surface area (Å²) in [5.41, 5.74) is 0. The summed E-state index contributed by atoms with van der Waals surface area (Å²) in [6, 6.07) is 0. The Morgan fingerprint density at radius 2 is 1.14 bits per heavy atom. The molecule has 0 aromatic heterocycles. The number of rotatable bonds is 13. The van der Waals surface area contributed by atoms with Crippen LogP contribution in [0.15, 0.2) is 60.8 Å². The van der Waals surface area contributed by atoms with Gasteiger partial charge < -0.3 is 5.11 Å². The Balaban J connectivity index is 3.46. The molecule has 22 heavy (non-hydrogen) atoms. The Hall–Kier alpha value is -1.83. The van der Waals surface area contributed by atoms with Gasteiger partial charge in [-0.1, -0.05) is 67.7 Å². The van der Waals surface area contributed by atoms with Crippen LogP contribution < -0.4 is 0 Å². The highest BCUT2D eigenvalue weighted by molar-refractivity contribution is 5.66. The molecule has 1 N–H and O–H groups in total. The molecule has 0 atom stereocenters. The van der Waals surface area contributed by atoms with Gasteiger partial charge in [0.05, 0.1) is 0 Å². The number of allylic oxidation sites excluding steroid dienone is 10. The third-order valence-corrected chi connectivity index (χ3v) is 2.92. The molecule has 0 unspecified atom stereocenters. The number of carboxylic acids is 1. The van der Waals surface area contributed by atoms with E-state index in [9.17, 15) is 4.79 Å². The third kappa shape index (κ3) is 18.2. The number of aliphatic carboxylic acids is 1. The molecule has 0 amide bonds. The molecule has 0 aromatic rings. The molecule has 0 aromatic carbocycles. The summed E-state index contributed by atoms with van der Waals surface area (Å²) in [6.07, 6.45) is 28.4. The van der Waals surface area contributed by atoms with Crippen molar-refractivity contribution in [2.75, 3.05) is 0 Å². The van der Waals surface area contributed by atoms with Gasteiger partial charge in [-0.25, -0.2) is 0 Å². The second-order valence-corrected chi connectivity index (χ2v) is 4.99. The Morgan fingerprint density at radius 1 is 0.727 bits per heavy atom. The fraction of sp³-hybridized carbons (Fsp3) is 0.450. The first-order valence-electron chi connectivity index (χ1n) is 8.24. The van der Waals surface area contributed by atoms with Gasteiger partial charge in [-0.3, -0.25) is 4.79 Å². The van der Waals surface area contributed by atoms with Crippen LogP contribution in [-0.4, -0.2) is 11.1 Å². The number of unbranched alkanes of at least 4 members (excludes halogenated alkanes) is 1. The molecule has 0 aliphatic carbocycles. The maximum Gasteiger partial charge on any atom is 0.303 e. The average Bonchev–Trinajstić information content (AvgIpc) is 2.50. The predicted molar refractivity (Wildman–Crippen MR) is 95.9 cm³/mol. The number of hydrogen-bond donors (Lipinski definition) is 1. The second-order valence-electron chi connectivity index (χ2n) is 4.99. The maximum absolute atomic E-state index is 10.3. The van der Waals surface area contributed by atoms with E-state index in [1.807, 2.05) is 0 Å². The normalized spacial score (nSPS) is 12.8. The quantitative estimate of drug-likeness (QED) is 0.335. The minimum absolute atomic E-state index is 0.258. The van der Waals surface area contributed by atoms with Crippen molar-refractivity contribution in [2.45, 2.75) is 58.3 Å². The van der Waals surface area contributed by atoms with E-state index in [1.54, 1.807) is 0 Å². The van der Waals surface area contributed by atoms with Crippen LogP contribution in [0, 0.1) is 0 Å². The lowest BCUT2D eigenvalue weighted by Gasteiger charge is -1.89. The molecule has 0 heterocycles. The predicted octanol–water partition coefficient (Wildman–Crippen LogP) is 5.99. The number of carbonyl (C=O) groups is 1. The molecule has 0 saturated carbocycles. The minimum Gasteiger partial charge on any atom is -0.481 e. The van der Waals surface area contributed by atoms with E-state index >= 15 is 0 Å². The van der Waals surface area contributed by atoms with Gasteiger partial charge in [-0.05, 0) is 44.9 Å². The molecule has 0 bridgehead atoms. The summed E-state index contributed by atoms with van der Waals surface area (Å²) < 4.78 is 0. The summed E-state index contributed by atoms with van der Waals surface area (Å²) in [4.78, 5) is 10.3. The lowest BCUT2D eigenvalue weighted by Crippen LogP contribution is -1.92. The Morgan fingerprint density at radius 3 is 1.55 bits per heavy atom. The lowest BCUT2D eigenvalue weighted by atomic mass is 10.2. The van der Waals surface area contributed by atoms with Gasteiger partial charge in [0.25, 0.3) is 0 Å². The van der Waals surface area contributed by atoms with Crippen LogP contribution in [0.4, 0.5) is 0 Å². The lowest BCUT2D eigenvalue weighted by molar-refractivity contribution is -0.137. The molecule has 0 radical (unpaired) electrons. The Labute approximate surface area is 135 Å². The molecule has 0 spiro atoms. The molecule has 0 saturated heterocycles. The van der Waals surface area contributed by atoms with E-state index in [1.165, 1.54) is 0 Å². The Bertz CT molecular complexity index is 398. The van der Waals surface area contributed by atoms with E-state index in [0.29, 0.717) is 0 Å². The molecule has 0 aliphatic rings. The molecule has 0 rings (SSSR count). The number of hydrogen-bond acceptors (Lipinski definition) is 1. The zero-order chi connectivity index (χ0) is 16.3. The average molecular weight is 302 g/mol. The monoisotopic (exact) mass is 302 g/mol. The molecule has 0 aliphatic heterocycles. The first-order chi connectivity index (χ1) is 10.8. The molecule has 122 valence electrons. The fourth-order valence-electron chi connectivity index (χ4n) is 1.74. The zero-order valence-corrected chi connectivity index (χ0v) is 13.8. The van der Waals surface area contributed by atoms with E-state index in [0.717, 1.165) is 44.9 Å². The van der Waals surface area contributed by atoms with Gasteiger partial charge in [0.1, 0.15) is 0 Å². The van der Waals surface area contributed by atoms with Crippen molar-refractivity contribution in [2.24, 2.45) is 0 Å². The van der Waals surface area contributed by atoms with Gasteiger partial charge in [-0.15, -0.1) is 0 Å². The van der Waals surface area contributed by atoms with Crippen molar-refractivity contribution in [3.05, 3.63) is 60.8 Å². The van der Waals surface area contributed by atoms with Crippen LogP contribution in [0.1, 0.15) is 58.3 Å². The summed E-state index contributed by atoms with van der Waals surface area (Å²) in [5, 5.41) is 8.49. The standard InChI is InChI=1S/C20H30O2/c1-2-3-4-5-6-7-8-9-10-11-12-13-14-15-16-17-18-19-20(21)22/h3-4,6-7,9-10,12-13,15-16H,2,5,8,11,14,17-19H2,1H3,(H,21,22)/b4-3+,7-6-,10-9+,13-12-,16-15+. The van der Waals surface area contributed by atoms with Crippen LogP contribution in [0.3, 0.4) is 0 Å². The zero-order valence-electron chi connectivity index (χ0n) is 13.8. The summed E-state index contributed by atoms with van der Waals surface area (Å²) in [7, 11) is 0. The van der Waals surface area contributed by atoms with Crippen LogP contribution in [0.5, 0.6) is 0 Å². The third-order valence-electron chi connectivity index (χ3n) is 2.92. The first kappa shape index (κ1) is 20.2. The smallest absolute Gasteiger partial charge is 0.303 e. The van der Waals surface area contributed by atoms with E-state index < -0.39 is 5.97 Å². The molecular weight excluding hydrogens is 272 g/mol. The largest absolute Gasteiger partial charge is 0.481 e.